The second-order valence-electron chi connectivity index (χ2n) is 5.94. The first kappa shape index (κ1) is 12.9. The Morgan fingerprint density at radius 2 is 2.00 bits per heavy atom. The quantitative estimate of drug-likeness (QED) is 0.824. The van der Waals surface area contributed by atoms with Gasteiger partial charge >= 0.3 is 0 Å². The third kappa shape index (κ3) is 2.92. The summed E-state index contributed by atoms with van der Waals surface area (Å²) in [6, 6.07) is 4.50. The van der Waals surface area contributed by atoms with Gasteiger partial charge in [-0.3, -0.25) is 4.79 Å². The summed E-state index contributed by atoms with van der Waals surface area (Å²) in [5.74, 6) is 0. The Bertz CT molecular complexity index is 486. The van der Waals surface area contributed by atoms with Crippen molar-refractivity contribution >= 4 is 0 Å². The van der Waals surface area contributed by atoms with Gasteiger partial charge in [0.05, 0.1) is 0 Å². The van der Waals surface area contributed by atoms with E-state index in [1.807, 2.05) is 10.6 Å². The molecule has 0 amide bonds. The predicted octanol–water partition coefficient (Wildman–Crippen LogP) is 2.26. The normalized spacial score (nSPS) is 18.9. The molecule has 19 heavy (non-hydrogen) atoms. The van der Waals surface area contributed by atoms with E-state index in [1.54, 1.807) is 6.07 Å². The van der Waals surface area contributed by atoms with Crippen LogP contribution in [0.15, 0.2) is 16.9 Å². The molecule has 0 radical (unpaired) electrons. The maximum absolute atomic E-state index is 12.0. The van der Waals surface area contributed by atoms with Crippen LogP contribution in [0.2, 0.25) is 0 Å². The lowest BCUT2D eigenvalue weighted by atomic mass is 10.2. The lowest BCUT2D eigenvalue weighted by molar-refractivity contribution is 0.488. The lowest BCUT2D eigenvalue weighted by Gasteiger charge is -2.14. The largest absolute Gasteiger partial charge is 0.314 e. The fraction of sp³-hybridized carbons (Fsp3) is 0.688. The zero-order valence-electron chi connectivity index (χ0n) is 11.7. The van der Waals surface area contributed by atoms with Gasteiger partial charge in [0.1, 0.15) is 0 Å². The highest BCUT2D eigenvalue weighted by Gasteiger charge is 2.16. The molecule has 0 saturated heterocycles. The van der Waals surface area contributed by atoms with Crippen LogP contribution in [-0.2, 0) is 19.4 Å². The minimum Gasteiger partial charge on any atom is -0.314 e. The van der Waals surface area contributed by atoms with E-state index >= 15 is 0 Å². The summed E-state index contributed by atoms with van der Waals surface area (Å²) in [5, 5.41) is 3.62. The van der Waals surface area contributed by atoms with Gasteiger partial charge in [-0.2, -0.15) is 0 Å². The van der Waals surface area contributed by atoms with Crippen LogP contribution in [0.5, 0.6) is 0 Å². The fourth-order valence-corrected chi connectivity index (χ4v) is 3.55. The number of pyridine rings is 1. The Balaban J connectivity index is 1.55. The van der Waals surface area contributed by atoms with Gasteiger partial charge in [-0.05, 0) is 50.6 Å². The second kappa shape index (κ2) is 5.91. The van der Waals surface area contributed by atoms with Gasteiger partial charge in [0.2, 0.25) is 0 Å². The minimum absolute atomic E-state index is 0.182. The zero-order valence-corrected chi connectivity index (χ0v) is 11.7. The van der Waals surface area contributed by atoms with Gasteiger partial charge in [-0.1, -0.05) is 18.9 Å². The fourth-order valence-electron chi connectivity index (χ4n) is 3.55. The second-order valence-corrected chi connectivity index (χ2v) is 5.94. The zero-order chi connectivity index (χ0) is 13.1. The number of rotatable bonds is 5. The number of hydrogen-bond acceptors (Lipinski definition) is 2. The Morgan fingerprint density at radius 3 is 2.84 bits per heavy atom. The first-order chi connectivity index (χ1) is 9.34. The molecule has 0 spiro atoms. The molecule has 1 heterocycles. The van der Waals surface area contributed by atoms with Crippen LogP contribution in [0.1, 0.15) is 49.8 Å². The Hall–Kier alpha value is -1.09. The first-order valence-corrected chi connectivity index (χ1v) is 7.79. The monoisotopic (exact) mass is 260 g/mol. The SMILES string of the molecule is O=c1ccc2c(n1CCCNC1CCCC1)CCC2. The van der Waals surface area contributed by atoms with Crippen molar-refractivity contribution in [3.05, 3.63) is 33.7 Å². The van der Waals surface area contributed by atoms with Gasteiger partial charge in [0, 0.05) is 24.3 Å². The van der Waals surface area contributed by atoms with Crippen LogP contribution < -0.4 is 10.9 Å². The molecule has 1 aromatic rings. The van der Waals surface area contributed by atoms with Crippen LogP contribution >= 0.6 is 0 Å². The Morgan fingerprint density at radius 1 is 1.16 bits per heavy atom. The predicted molar refractivity (Wildman–Crippen MR) is 77.6 cm³/mol. The Kier molecular flexibility index (Phi) is 4.02. The maximum Gasteiger partial charge on any atom is 0.250 e. The maximum atomic E-state index is 12.0. The summed E-state index contributed by atoms with van der Waals surface area (Å²) in [6.07, 6.45) is 9.93. The number of nitrogens with zero attached hydrogens (tertiary/aromatic N) is 1. The van der Waals surface area contributed by atoms with Crippen molar-refractivity contribution in [2.75, 3.05) is 6.54 Å². The van der Waals surface area contributed by atoms with Crippen LogP contribution in [0, 0.1) is 0 Å². The molecule has 3 heteroatoms. The molecule has 1 aromatic heterocycles. The van der Waals surface area contributed by atoms with Gasteiger partial charge in [0.15, 0.2) is 0 Å². The van der Waals surface area contributed by atoms with Crippen molar-refractivity contribution in [2.24, 2.45) is 0 Å². The lowest BCUT2D eigenvalue weighted by Crippen LogP contribution is -2.29. The van der Waals surface area contributed by atoms with Gasteiger partial charge in [0.25, 0.3) is 5.56 Å². The molecule has 3 rings (SSSR count). The van der Waals surface area contributed by atoms with E-state index in [0.717, 1.165) is 38.4 Å². The molecule has 2 aliphatic rings. The van der Waals surface area contributed by atoms with E-state index in [0.29, 0.717) is 0 Å². The molecule has 0 unspecified atom stereocenters. The molecule has 1 fully saturated rings. The molecule has 0 aliphatic heterocycles. The molecule has 104 valence electrons. The van der Waals surface area contributed by atoms with Crippen LogP contribution in [-0.4, -0.2) is 17.2 Å². The number of fused-ring (bicyclic) bond motifs is 1. The van der Waals surface area contributed by atoms with E-state index in [4.69, 9.17) is 0 Å². The topological polar surface area (TPSA) is 34.0 Å². The highest BCUT2D eigenvalue weighted by Crippen LogP contribution is 2.20. The minimum atomic E-state index is 0.182. The van der Waals surface area contributed by atoms with Crippen LogP contribution in [0.25, 0.3) is 0 Å². The molecule has 2 aliphatic carbocycles. The number of aryl methyl sites for hydroxylation is 1. The molecule has 1 N–H and O–H groups in total. The van der Waals surface area contributed by atoms with E-state index in [2.05, 4.69) is 5.32 Å². The molecular formula is C16H24N2O. The van der Waals surface area contributed by atoms with Crippen molar-refractivity contribution < 1.29 is 0 Å². The third-order valence-corrected chi connectivity index (χ3v) is 4.60. The molecule has 0 atom stereocenters. The summed E-state index contributed by atoms with van der Waals surface area (Å²) in [4.78, 5) is 12.0. The number of aromatic nitrogens is 1. The smallest absolute Gasteiger partial charge is 0.250 e. The van der Waals surface area contributed by atoms with Crippen molar-refractivity contribution in [2.45, 2.75) is 64.0 Å². The molecule has 1 saturated carbocycles. The van der Waals surface area contributed by atoms with Crippen molar-refractivity contribution in [3.8, 4) is 0 Å². The summed E-state index contributed by atoms with van der Waals surface area (Å²) in [6.45, 7) is 1.92. The average Bonchev–Trinajstić information content (AvgIpc) is 3.07. The van der Waals surface area contributed by atoms with Gasteiger partial charge in [-0.15, -0.1) is 0 Å². The molecule has 0 bridgehead atoms. The number of nitrogens with one attached hydrogen (secondary N) is 1. The van der Waals surface area contributed by atoms with E-state index in [9.17, 15) is 4.79 Å². The summed E-state index contributed by atoms with van der Waals surface area (Å²) in [5.41, 5.74) is 2.87. The average molecular weight is 260 g/mol. The van der Waals surface area contributed by atoms with Gasteiger partial charge in [-0.25, -0.2) is 0 Å². The summed E-state index contributed by atoms with van der Waals surface area (Å²) < 4.78 is 2.01. The molecule has 0 aromatic carbocycles. The summed E-state index contributed by atoms with van der Waals surface area (Å²) >= 11 is 0. The van der Waals surface area contributed by atoms with Crippen LogP contribution in [0.4, 0.5) is 0 Å². The van der Waals surface area contributed by atoms with E-state index < -0.39 is 0 Å². The number of hydrogen-bond donors (Lipinski definition) is 1. The van der Waals surface area contributed by atoms with E-state index in [1.165, 1.54) is 43.4 Å². The van der Waals surface area contributed by atoms with Crippen LogP contribution in [0.3, 0.4) is 0 Å². The van der Waals surface area contributed by atoms with Crippen molar-refractivity contribution in [3.63, 3.8) is 0 Å². The molecule has 3 nitrogen and oxygen atoms in total. The first-order valence-electron chi connectivity index (χ1n) is 7.79. The Labute approximate surface area is 115 Å². The summed E-state index contributed by atoms with van der Waals surface area (Å²) in [7, 11) is 0. The standard InChI is InChI=1S/C16H24N2O/c19-16-10-9-13-5-3-8-15(13)18(16)12-4-11-17-14-6-1-2-7-14/h9-10,14,17H,1-8,11-12H2. The molecular weight excluding hydrogens is 236 g/mol. The van der Waals surface area contributed by atoms with Crippen molar-refractivity contribution in [1.29, 1.82) is 0 Å². The van der Waals surface area contributed by atoms with E-state index in [-0.39, 0.29) is 5.56 Å². The van der Waals surface area contributed by atoms with Crippen molar-refractivity contribution in [1.82, 2.24) is 9.88 Å². The van der Waals surface area contributed by atoms with Gasteiger partial charge < -0.3 is 9.88 Å². The highest BCUT2D eigenvalue weighted by atomic mass is 16.1. The highest BCUT2D eigenvalue weighted by molar-refractivity contribution is 5.25. The third-order valence-electron chi connectivity index (χ3n) is 4.60.